The summed E-state index contributed by atoms with van der Waals surface area (Å²) in [6.45, 7) is 0.461. The molecular weight excluding hydrogens is 328 g/mol. The molecule has 132 valence electrons. The van der Waals surface area contributed by atoms with Crippen LogP contribution in [0, 0.1) is 5.41 Å². The number of aromatic nitrogens is 2. The number of allylic oxidation sites excluding steroid dienone is 1. The predicted molar refractivity (Wildman–Crippen MR) is 101 cm³/mol. The number of aryl methyl sites for hydroxylation is 1. The van der Waals surface area contributed by atoms with E-state index in [9.17, 15) is 0 Å². The van der Waals surface area contributed by atoms with Gasteiger partial charge in [-0.25, -0.2) is 0 Å². The van der Waals surface area contributed by atoms with Crippen LogP contribution in [0.25, 0.3) is 5.70 Å². The van der Waals surface area contributed by atoms with E-state index >= 15 is 0 Å². The van der Waals surface area contributed by atoms with E-state index in [4.69, 9.17) is 20.6 Å². The molecule has 0 spiro atoms. The summed E-state index contributed by atoms with van der Waals surface area (Å²) in [5.74, 6) is 2.19. The van der Waals surface area contributed by atoms with Crippen molar-refractivity contribution in [3.8, 4) is 17.2 Å². The van der Waals surface area contributed by atoms with Crippen molar-refractivity contribution >= 4 is 11.9 Å². The second-order valence-electron chi connectivity index (χ2n) is 5.62. The third kappa shape index (κ3) is 4.30. The summed E-state index contributed by atoms with van der Waals surface area (Å²) in [6.07, 6.45) is 4.45. The summed E-state index contributed by atoms with van der Waals surface area (Å²) in [7, 11) is 1.88. The van der Waals surface area contributed by atoms with Gasteiger partial charge in [0.05, 0.1) is 5.69 Å². The van der Waals surface area contributed by atoms with E-state index in [-0.39, 0.29) is 0 Å². The Balaban J connectivity index is 1.59. The van der Waals surface area contributed by atoms with E-state index in [0.29, 0.717) is 23.8 Å². The zero-order valence-electron chi connectivity index (χ0n) is 14.4. The van der Waals surface area contributed by atoms with Gasteiger partial charge in [-0.2, -0.15) is 5.10 Å². The number of rotatable bonds is 7. The second-order valence-corrected chi connectivity index (χ2v) is 5.62. The molecule has 1 aromatic heterocycles. The standard InChI is InChI=1S/C20H20N4O2/c1-24-16(11-13-23-24)14-25-17-6-8-19(9-7-17)26-18-4-2-15(3-5-18)20(22)10-12-21/h2-13,21H,14,22H2,1H3/b20-10-,21-12?. The van der Waals surface area contributed by atoms with E-state index < -0.39 is 0 Å². The predicted octanol–water partition coefficient (Wildman–Crippen LogP) is 3.74. The fourth-order valence-corrected chi connectivity index (χ4v) is 2.34. The van der Waals surface area contributed by atoms with Crippen LogP contribution in [0.2, 0.25) is 0 Å². The Morgan fingerprint density at radius 2 is 1.65 bits per heavy atom. The first-order chi connectivity index (χ1) is 12.7. The molecule has 0 fully saturated rings. The maximum Gasteiger partial charge on any atom is 0.130 e. The molecule has 2 aromatic carbocycles. The van der Waals surface area contributed by atoms with Gasteiger partial charge in [-0.05, 0) is 66.2 Å². The number of hydrogen-bond donors (Lipinski definition) is 2. The van der Waals surface area contributed by atoms with E-state index in [1.54, 1.807) is 17.0 Å². The van der Waals surface area contributed by atoms with Crippen molar-refractivity contribution in [2.75, 3.05) is 0 Å². The van der Waals surface area contributed by atoms with Crippen molar-refractivity contribution in [1.82, 2.24) is 9.78 Å². The minimum absolute atomic E-state index is 0.461. The van der Waals surface area contributed by atoms with Gasteiger partial charge in [0.25, 0.3) is 0 Å². The number of nitrogens with two attached hydrogens (primary N) is 1. The minimum atomic E-state index is 0.461. The smallest absolute Gasteiger partial charge is 0.130 e. The molecule has 6 heteroatoms. The van der Waals surface area contributed by atoms with Crippen molar-refractivity contribution in [3.05, 3.63) is 78.1 Å². The third-order valence-electron chi connectivity index (χ3n) is 3.82. The van der Waals surface area contributed by atoms with Gasteiger partial charge in [-0.15, -0.1) is 0 Å². The van der Waals surface area contributed by atoms with Crippen LogP contribution >= 0.6 is 0 Å². The summed E-state index contributed by atoms with van der Waals surface area (Å²) in [5.41, 5.74) is 8.24. The van der Waals surface area contributed by atoms with Gasteiger partial charge in [0.2, 0.25) is 0 Å². The van der Waals surface area contributed by atoms with Gasteiger partial charge < -0.3 is 20.6 Å². The van der Waals surface area contributed by atoms with Crippen LogP contribution in [-0.4, -0.2) is 16.0 Å². The molecule has 0 unspecified atom stereocenters. The second kappa shape index (κ2) is 8.02. The molecule has 0 radical (unpaired) electrons. The Labute approximate surface area is 152 Å². The molecule has 26 heavy (non-hydrogen) atoms. The van der Waals surface area contributed by atoms with Crippen LogP contribution in [0.4, 0.5) is 0 Å². The number of ether oxygens (including phenoxy) is 2. The summed E-state index contributed by atoms with van der Waals surface area (Å²) >= 11 is 0. The molecule has 0 saturated carbocycles. The quantitative estimate of drug-likeness (QED) is 0.637. The van der Waals surface area contributed by atoms with E-state index in [2.05, 4.69) is 5.10 Å². The molecule has 0 amide bonds. The van der Waals surface area contributed by atoms with E-state index in [0.717, 1.165) is 23.2 Å². The van der Waals surface area contributed by atoms with Gasteiger partial charge >= 0.3 is 0 Å². The van der Waals surface area contributed by atoms with Gasteiger partial charge in [0, 0.05) is 25.2 Å². The highest BCUT2D eigenvalue weighted by atomic mass is 16.5. The molecule has 3 rings (SSSR count). The fraction of sp³-hybridized carbons (Fsp3) is 0.100. The van der Waals surface area contributed by atoms with Crippen LogP contribution in [-0.2, 0) is 13.7 Å². The summed E-state index contributed by atoms with van der Waals surface area (Å²) in [6, 6.07) is 16.8. The topological polar surface area (TPSA) is 86.2 Å². The Hall–Kier alpha value is -3.54. The van der Waals surface area contributed by atoms with Crippen LogP contribution in [0.15, 0.2) is 66.9 Å². The first kappa shape index (κ1) is 17.3. The molecule has 0 atom stereocenters. The minimum Gasteiger partial charge on any atom is -0.487 e. The average molecular weight is 348 g/mol. The summed E-state index contributed by atoms with van der Waals surface area (Å²) in [5, 5.41) is 11.2. The molecule has 0 saturated heterocycles. The highest BCUT2D eigenvalue weighted by molar-refractivity contribution is 5.81. The highest BCUT2D eigenvalue weighted by Gasteiger charge is 2.03. The van der Waals surface area contributed by atoms with Gasteiger partial charge in [0.15, 0.2) is 0 Å². The van der Waals surface area contributed by atoms with Crippen LogP contribution in [0.1, 0.15) is 11.3 Å². The molecular formula is C20H20N4O2. The van der Waals surface area contributed by atoms with Gasteiger partial charge in [-0.3, -0.25) is 4.68 Å². The lowest BCUT2D eigenvalue weighted by atomic mass is 10.1. The number of nitrogens with one attached hydrogen (secondary N) is 1. The molecule has 6 nitrogen and oxygen atoms in total. The monoisotopic (exact) mass is 348 g/mol. The molecule has 0 aliphatic heterocycles. The molecule has 3 aromatic rings. The van der Waals surface area contributed by atoms with Crippen molar-refractivity contribution in [1.29, 1.82) is 5.41 Å². The first-order valence-corrected chi connectivity index (χ1v) is 8.10. The van der Waals surface area contributed by atoms with Crippen molar-refractivity contribution < 1.29 is 9.47 Å². The van der Waals surface area contributed by atoms with Crippen LogP contribution < -0.4 is 15.2 Å². The zero-order valence-corrected chi connectivity index (χ0v) is 14.4. The molecule has 0 bridgehead atoms. The van der Waals surface area contributed by atoms with E-state index in [1.807, 2.05) is 61.6 Å². The maximum absolute atomic E-state index is 7.05. The number of benzene rings is 2. The van der Waals surface area contributed by atoms with E-state index in [1.165, 1.54) is 0 Å². The largest absolute Gasteiger partial charge is 0.487 e. The Bertz CT molecular complexity index is 896. The Morgan fingerprint density at radius 3 is 2.23 bits per heavy atom. The highest BCUT2D eigenvalue weighted by Crippen LogP contribution is 2.25. The van der Waals surface area contributed by atoms with Crippen LogP contribution in [0.5, 0.6) is 17.2 Å². The zero-order chi connectivity index (χ0) is 18.4. The van der Waals surface area contributed by atoms with Crippen molar-refractivity contribution in [2.24, 2.45) is 12.8 Å². The van der Waals surface area contributed by atoms with Gasteiger partial charge in [-0.1, -0.05) is 0 Å². The Kier molecular flexibility index (Phi) is 5.34. The lowest BCUT2D eigenvalue weighted by Crippen LogP contribution is -2.02. The summed E-state index contributed by atoms with van der Waals surface area (Å²) in [4.78, 5) is 0. The SMILES string of the molecule is Cn1nccc1COc1ccc(Oc2ccc(/C(N)=C/C=N)cc2)cc1. The average Bonchev–Trinajstić information content (AvgIpc) is 3.07. The molecule has 0 aliphatic rings. The van der Waals surface area contributed by atoms with Gasteiger partial charge in [0.1, 0.15) is 23.9 Å². The molecule has 3 N–H and O–H groups in total. The first-order valence-electron chi connectivity index (χ1n) is 8.10. The molecule has 1 heterocycles. The van der Waals surface area contributed by atoms with Crippen molar-refractivity contribution in [3.63, 3.8) is 0 Å². The normalized spacial score (nSPS) is 11.2. The lowest BCUT2D eigenvalue weighted by Gasteiger charge is -2.09. The molecule has 0 aliphatic carbocycles. The Morgan fingerprint density at radius 1 is 1.04 bits per heavy atom. The maximum atomic E-state index is 7.05. The number of hydrogen-bond acceptors (Lipinski definition) is 5. The third-order valence-corrected chi connectivity index (χ3v) is 3.82. The fourth-order valence-electron chi connectivity index (χ4n) is 2.34. The number of nitrogens with zero attached hydrogens (tertiary/aromatic N) is 2. The van der Waals surface area contributed by atoms with Crippen molar-refractivity contribution in [2.45, 2.75) is 6.61 Å². The van der Waals surface area contributed by atoms with Crippen LogP contribution in [0.3, 0.4) is 0 Å². The summed E-state index contributed by atoms with van der Waals surface area (Å²) < 4.78 is 13.4. The lowest BCUT2D eigenvalue weighted by molar-refractivity contribution is 0.294.